The third-order valence-electron chi connectivity index (χ3n) is 11.3. The van der Waals surface area contributed by atoms with E-state index in [1.165, 1.54) is 23.1 Å². The highest BCUT2D eigenvalue weighted by Crippen LogP contribution is 2.32. The summed E-state index contributed by atoms with van der Waals surface area (Å²) < 4.78 is 7.53. The van der Waals surface area contributed by atoms with E-state index in [4.69, 9.17) is 9.72 Å². The number of rotatable bonds is 13. The molecule has 2 aliphatic heterocycles. The predicted octanol–water partition coefficient (Wildman–Crippen LogP) is 6.58. The van der Waals surface area contributed by atoms with Crippen molar-refractivity contribution in [3.8, 4) is 11.1 Å². The van der Waals surface area contributed by atoms with Crippen LogP contribution in [0, 0.1) is 6.92 Å². The molecule has 2 fully saturated rings. The minimum Gasteiger partial charge on any atom is -0.381 e. The molecule has 0 aliphatic carbocycles. The summed E-state index contributed by atoms with van der Waals surface area (Å²) in [5.41, 5.74) is 10.4. The van der Waals surface area contributed by atoms with Crippen LogP contribution in [0.5, 0.6) is 0 Å². The molecule has 0 radical (unpaired) electrons. The number of benzene rings is 3. The van der Waals surface area contributed by atoms with Crippen molar-refractivity contribution in [1.82, 2.24) is 35.2 Å². The molecule has 56 heavy (non-hydrogen) atoms. The van der Waals surface area contributed by atoms with Gasteiger partial charge in [-0.3, -0.25) is 14.5 Å². The predicted molar refractivity (Wildman–Crippen MR) is 223 cm³/mol. The number of ether oxygens (including phenoxy) is 1. The monoisotopic (exact) mass is 756 g/mol. The largest absolute Gasteiger partial charge is 0.381 e. The van der Waals surface area contributed by atoms with Gasteiger partial charge in [0.15, 0.2) is 5.65 Å². The molecule has 2 aliphatic rings. The molecule has 11 nitrogen and oxygen atoms in total. The number of aryl methyl sites for hydroxylation is 2. The number of aromatic nitrogens is 3. The van der Waals surface area contributed by atoms with Gasteiger partial charge in [-0.2, -0.15) is 5.10 Å². The Hall–Kier alpha value is -5.10. The summed E-state index contributed by atoms with van der Waals surface area (Å²) in [4.78, 5) is 37.1. The summed E-state index contributed by atoms with van der Waals surface area (Å²) in [6, 6.07) is 22.3. The normalized spacial score (nSPS) is 15.8. The van der Waals surface area contributed by atoms with Gasteiger partial charge in [0.25, 0.3) is 11.8 Å². The SMILES string of the molecule is CCc1nc2c(cnn2CC)c(NC2CCOCC2)c1CNC(=O)c1cccc(C(=O)NCc2cccc(-c3cccc(CN4CCCN(C)CC4)c3)c2C)c1. The Bertz CT molecular complexity index is 2160. The van der Waals surface area contributed by atoms with Crippen LogP contribution in [0.4, 0.5) is 5.69 Å². The van der Waals surface area contributed by atoms with Crippen LogP contribution in [0.2, 0.25) is 0 Å². The van der Waals surface area contributed by atoms with Crippen LogP contribution in [-0.2, 0) is 37.3 Å². The molecule has 2 amide bonds. The van der Waals surface area contributed by atoms with Crippen LogP contribution in [0.3, 0.4) is 0 Å². The quantitative estimate of drug-likeness (QED) is 0.124. The molecule has 0 spiro atoms. The minimum absolute atomic E-state index is 0.228. The van der Waals surface area contributed by atoms with E-state index in [-0.39, 0.29) is 17.9 Å². The molecule has 7 rings (SSSR count). The van der Waals surface area contributed by atoms with Crippen molar-refractivity contribution in [2.45, 2.75) is 78.7 Å². The first kappa shape index (κ1) is 39.1. The van der Waals surface area contributed by atoms with Crippen LogP contribution in [0.15, 0.2) is 72.9 Å². The Balaban J connectivity index is 1.02. The maximum absolute atomic E-state index is 13.6. The van der Waals surface area contributed by atoms with Crippen molar-refractivity contribution in [3.05, 3.63) is 112 Å². The molecule has 2 saturated heterocycles. The Kier molecular flexibility index (Phi) is 12.7. The van der Waals surface area contributed by atoms with E-state index in [1.54, 1.807) is 24.3 Å². The molecule has 0 atom stereocenters. The van der Waals surface area contributed by atoms with Gasteiger partial charge in [0.2, 0.25) is 0 Å². The van der Waals surface area contributed by atoms with Gasteiger partial charge in [-0.1, -0.05) is 49.4 Å². The Morgan fingerprint density at radius 2 is 1.62 bits per heavy atom. The van der Waals surface area contributed by atoms with Gasteiger partial charge in [0.05, 0.1) is 17.3 Å². The lowest BCUT2D eigenvalue weighted by atomic mass is 9.95. The molecule has 3 aromatic carbocycles. The Morgan fingerprint density at radius 1 is 0.875 bits per heavy atom. The first-order chi connectivity index (χ1) is 27.3. The number of amides is 2. The van der Waals surface area contributed by atoms with Crippen LogP contribution in [0.25, 0.3) is 22.2 Å². The number of hydrogen-bond donors (Lipinski definition) is 3. The van der Waals surface area contributed by atoms with Gasteiger partial charge in [-0.05, 0) is 112 Å². The zero-order valence-corrected chi connectivity index (χ0v) is 33.4. The first-order valence-electron chi connectivity index (χ1n) is 20.3. The highest BCUT2D eigenvalue weighted by molar-refractivity contribution is 6.00. The van der Waals surface area contributed by atoms with Crippen LogP contribution in [0.1, 0.15) is 81.8 Å². The molecule has 0 unspecified atom stereocenters. The third kappa shape index (κ3) is 9.12. The number of nitrogens with zero attached hydrogens (tertiary/aromatic N) is 5. The lowest BCUT2D eigenvalue weighted by Crippen LogP contribution is -2.30. The van der Waals surface area contributed by atoms with Crippen LogP contribution in [-0.4, -0.2) is 88.9 Å². The number of fused-ring (bicyclic) bond motifs is 1. The summed E-state index contributed by atoms with van der Waals surface area (Å²) in [7, 11) is 2.20. The topological polar surface area (TPSA) is 117 Å². The van der Waals surface area contributed by atoms with E-state index in [1.807, 2.05) is 10.9 Å². The van der Waals surface area contributed by atoms with Gasteiger partial charge in [-0.15, -0.1) is 0 Å². The van der Waals surface area contributed by atoms with E-state index in [9.17, 15) is 9.59 Å². The fourth-order valence-corrected chi connectivity index (χ4v) is 7.99. The number of hydrogen-bond acceptors (Lipinski definition) is 8. The minimum atomic E-state index is -0.253. The van der Waals surface area contributed by atoms with Gasteiger partial charge < -0.3 is 25.6 Å². The third-order valence-corrected chi connectivity index (χ3v) is 11.3. The molecule has 0 bridgehead atoms. The summed E-state index contributed by atoms with van der Waals surface area (Å²) in [6.45, 7) is 14.5. The smallest absolute Gasteiger partial charge is 0.251 e. The zero-order chi connectivity index (χ0) is 39.0. The second-order valence-electron chi connectivity index (χ2n) is 15.2. The molecule has 2 aromatic heterocycles. The zero-order valence-electron chi connectivity index (χ0n) is 33.4. The highest BCUT2D eigenvalue weighted by atomic mass is 16.5. The average molecular weight is 757 g/mol. The van der Waals surface area contributed by atoms with Crippen molar-refractivity contribution in [3.63, 3.8) is 0 Å². The van der Waals surface area contributed by atoms with Gasteiger partial charge in [-0.25, -0.2) is 9.67 Å². The Morgan fingerprint density at radius 3 is 2.39 bits per heavy atom. The van der Waals surface area contributed by atoms with Crippen LogP contribution >= 0.6 is 0 Å². The van der Waals surface area contributed by atoms with E-state index in [0.717, 1.165) is 97.9 Å². The number of anilines is 1. The number of carbonyl (C=O) groups excluding carboxylic acids is 2. The summed E-state index contributed by atoms with van der Waals surface area (Å²) in [5, 5.41) is 15.6. The summed E-state index contributed by atoms with van der Waals surface area (Å²) in [5.74, 6) is -0.481. The van der Waals surface area contributed by atoms with Crippen molar-refractivity contribution >= 4 is 28.5 Å². The van der Waals surface area contributed by atoms with Crippen molar-refractivity contribution < 1.29 is 14.3 Å². The fourth-order valence-electron chi connectivity index (χ4n) is 7.99. The molecule has 4 heterocycles. The van der Waals surface area contributed by atoms with Crippen molar-refractivity contribution in [2.24, 2.45) is 0 Å². The molecule has 294 valence electrons. The van der Waals surface area contributed by atoms with Crippen molar-refractivity contribution in [1.29, 1.82) is 0 Å². The molecule has 0 saturated carbocycles. The van der Waals surface area contributed by atoms with E-state index < -0.39 is 0 Å². The first-order valence-corrected chi connectivity index (χ1v) is 20.3. The molecule has 3 N–H and O–H groups in total. The van der Waals surface area contributed by atoms with Gasteiger partial charge >= 0.3 is 0 Å². The summed E-state index contributed by atoms with van der Waals surface area (Å²) in [6.07, 6.45) is 5.58. The number of likely N-dealkylation sites (N-methyl/N-ethyl adjacent to an activating group) is 1. The van der Waals surface area contributed by atoms with Crippen LogP contribution < -0.4 is 16.0 Å². The van der Waals surface area contributed by atoms with E-state index >= 15 is 0 Å². The molecule has 5 aromatic rings. The maximum atomic E-state index is 13.6. The number of carbonyl (C=O) groups is 2. The van der Waals surface area contributed by atoms with E-state index in [0.29, 0.717) is 37.2 Å². The van der Waals surface area contributed by atoms with Gasteiger partial charge in [0, 0.05) is 80.9 Å². The fraction of sp³-hybridized carbons (Fsp3) is 0.422. The maximum Gasteiger partial charge on any atom is 0.251 e. The average Bonchev–Trinajstić information content (AvgIpc) is 3.53. The number of nitrogens with one attached hydrogen (secondary N) is 3. The second-order valence-corrected chi connectivity index (χ2v) is 15.2. The number of pyridine rings is 1. The molecular formula is C45H56N8O3. The van der Waals surface area contributed by atoms with E-state index in [2.05, 4.69) is 101 Å². The second kappa shape index (κ2) is 18.2. The lowest BCUT2D eigenvalue weighted by Gasteiger charge is -2.26. The highest BCUT2D eigenvalue weighted by Gasteiger charge is 2.23. The summed E-state index contributed by atoms with van der Waals surface area (Å²) >= 11 is 0. The Labute approximate surface area is 330 Å². The molecule has 11 heteroatoms. The van der Waals surface area contributed by atoms with Crippen molar-refractivity contribution in [2.75, 3.05) is 51.8 Å². The standard InChI is InChI=1S/C45H56N8O3/c1-5-41-39(42(49-37-17-23-56-24-18-37)40-29-48-53(6-2)43(40)50-41)28-47-45(55)35-14-8-13-34(26-35)44(54)46-27-36-15-9-16-38(31(36)3)33-12-7-11-32(25-33)30-52-20-10-19-51(4)21-22-52/h7-9,11-16,25-26,29,37H,5-6,10,17-24,27-28,30H2,1-4H3,(H,46,54)(H,47,55)(H,49,50). The lowest BCUT2D eigenvalue weighted by molar-refractivity contribution is 0.0904. The molecular weight excluding hydrogens is 701 g/mol. The van der Waals surface area contributed by atoms with Gasteiger partial charge in [0.1, 0.15) is 0 Å².